The number of nitrogens with zero attached hydrogens (tertiary/aromatic N) is 2. The number of amides is 1. The van der Waals surface area contributed by atoms with Crippen LogP contribution in [0.3, 0.4) is 0 Å². The van der Waals surface area contributed by atoms with Gasteiger partial charge in [-0.3, -0.25) is 13.9 Å². The van der Waals surface area contributed by atoms with Gasteiger partial charge in [0.05, 0.1) is 11.0 Å². The summed E-state index contributed by atoms with van der Waals surface area (Å²) in [6, 6.07) is 12.8. The van der Waals surface area contributed by atoms with Crippen LogP contribution >= 0.6 is 15.9 Å². The van der Waals surface area contributed by atoms with Crippen LogP contribution in [-0.4, -0.2) is 15.0 Å². The number of carbonyl (C=O) groups is 1. The maximum Gasteiger partial charge on any atom is 0.329 e. The van der Waals surface area contributed by atoms with Crippen molar-refractivity contribution in [1.82, 2.24) is 9.13 Å². The second-order valence-electron chi connectivity index (χ2n) is 5.44. The molecule has 3 aromatic rings. The monoisotopic (exact) mass is 387 g/mol. The third-order valence-corrected chi connectivity index (χ3v) is 4.49. The summed E-state index contributed by atoms with van der Waals surface area (Å²) in [5.74, 6) is -0.184. The molecule has 1 N–H and O–H groups in total. The van der Waals surface area contributed by atoms with Crippen molar-refractivity contribution in [2.75, 3.05) is 5.32 Å². The molecule has 0 aliphatic rings. The van der Waals surface area contributed by atoms with Crippen LogP contribution in [0.15, 0.2) is 51.7 Å². The molecule has 0 aliphatic heterocycles. The number of benzene rings is 2. The molecule has 0 spiro atoms. The molecule has 1 heterocycles. The minimum Gasteiger partial charge on any atom is -0.322 e. The van der Waals surface area contributed by atoms with Gasteiger partial charge in [-0.1, -0.05) is 22.0 Å². The molecule has 0 saturated heterocycles. The third-order valence-electron chi connectivity index (χ3n) is 4.00. The first-order valence-corrected chi connectivity index (χ1v) is 8.64. The molecule has 0 radical (unpaired) electrons. The zero-order chi connectivity index (χ0) is 17.3. The number of fused-ring (bicyclic) bond motifs is 1. The van der Waals surface area contributed by atoms with Crippen LogP contribution < -0.4 is 11.0 Å². The molecule has 2 aromatic carbocycles. The molecule has 24 heavy (non-hydrogen) atoms. The number of aromatic nitrogens is 2. The predicted octanol–water partition coefficient (Wildman–Crippen LogP) is 3.86. The van der Waals surface area contributed by atoms with Gasteiger partial charge in [-0.2, -0.15) is 0 Å². The second kappa shape index (κ2) is 6.65. The average Bonchev–Trinajstić information content (AvgIpc) is 2.84. The van der Waals surface area contributed by atoms with E-state index < -0.39 is 0 Å². The zero-order valence-corrected chi connectivity index (χ0v) is 15.1. The van der Waals surface area contributed by atoms with Gasteiger partial charge in [-0.05, 0) is 50.2 Å². The molecule has 3 rings (SSSR count). The molecule has 0 fully saturated rings. The maximum atomic E-state index is 12.4. The first-order valence-electron chi connectivity index (χ1n) is 7.85. The molecule has 6 heteroatoms. The van der Waals surface area contributed by atoms with Crippen molar-refractivity contribution >= 4 is 38.6 Å². The minimum atomic E-state index is -0.184. The Morgan fingerprint density at radius 3 is 2.42 bits per heavy atom. The van der Waals surface area contributed by atoms with Crippen LogP contribution in [0.5, 0.6) is 0 Å². The lowest BCUT2D eigenvalue weighted by Gasteiger charge is -2.07. The van der Waals surface area contributed by atoms with E-state index in [0.717, 1.165) is 15.5 Å². The normalized spacial score (nSPS) is 11.0. The molecular weight excluding hydrogens is 370 g/mol. The van der Waals surface area contributed by atoms with Gasteiger partial charge in [0.25, 0.3) is 5.91 Å². The van der Waals surface area contributed by atoms with Crippen LogP contribution in [0.1, 0.15) is 24.2 Å². The Balaban J connectivity index is 1.99. The summed E-state index contributed by atoms with van der Waals surface area (Å²) >= 11 is 3.37. The Morgan fingerprint density at radius 2 is 1.75 bits per heavy atom. The molecule has 0 aliphatic carbocycles. The number of hydrogen-bond acceptors (Lipinski definition) is 2. The minimum absolute atomic E-state index is 0.0227. The molecule has 124 valence electrons. The van der Waals surface area contributed by atoms with Crippen molar-refractivity contribution in [3.63, 3.8) is 0 Å². The van der Waals surface area contributed by atoms with E-state index in [4.69, 9.17) is 0 Å². The van der Waals surface area contributed by atoms with Gasteiger partial charge in [0, 0.05) is 28.8 Å². The van der Waals surface area contributed by atoms with E-state index in [1.807, 2.05) is 44.2 Å². The molecule has 5 nitrogen and oxygen atoms in total. The fourth-order valence-corrected chi connectivity index (χ4v) is 3.24. The fraction of sp³-hybridized carbons (Fsp3) is 0.222. The van der Waals surface area contributed by atoms with Crippen LogP contribution in [0.25, 0.3) is 11.0 Å². The number of anilines is 1. The summed E-state index contributed by atoms with van der Waals surface area (Å²) in [6.07, 6.45) is 0. The molecular formula is C18H18BrN3O2. The SMILES string of the molecule is CCn1c(=O)n(CC)c2cc(NC(=O)c3cccc(Br)c3)ccc21. The van der Waals surface area contributed by atoms with Crippen molar-refractivity contribution < 1.29 is 4.79 Å². The van der Waals surface area contributed by atoms with Crippen LogP contribution in [0, 0.1) is 0 Å². The molecule has 0 atom stereocenters. The average molecular weight is 388 g/mol. The lowest BCUT2D eigenvalue weighted by atomic mass is 10.2. The highest BCUT2D eigenvalue weighted by atomic mass is 79.9. The van der Waals surface area contributed by atoms with Gasteiger partial charge in [0.1, 0.15) is 0 Å². The van der Waals surface area contributed by atoms with Crippen molar-refractivity contribution in [3.8, 4) is 0 Å². The van der Waals surface area contributed by atoms with Crippen molar-refractivity contribution in [2.45, 2.75) is 26.9 Å². The van der Waals surface area contributed by atoms with E-state index >= 15 is 0 Å². The standard InChI is InChI=1S/C18H18BrN3O2/c1-3-21-15-9-8-14(11-16(15)22(4-2)18(21)24)20-17(23)12-6-5-7-13(19)10-12/h5-11H,3-4H2,1-2H3,(H,20,23). The highest BCUT2D eigenvalue weighted by Gasteiger charge is 2.13. The highest BCUT2D eigenvalue weighted by Crippen LogP contribution is 2.20. The van der Waals surface area contributed by atoms with E-state index in [1.165, 1.54) is 0 Å². The van der Waals surface area contributed by atoms with E-state index in [1.54, 1.807) is 21.3 Å². The first kappa shape index (κ1) is 16.5. The van der Waals surface area contributed by atoms with Crippen molar-refractivity contribution in [2.24, 2.45) is 0 Å². The number of halogens is 1. The first-order chi connectivity index (χ1) is 11.5. The Hall–Kier alpha value is -2.34. The van der Waals surface area contributed by atoms with Gasteiger partial charge < -0.3 is 5.32 Å². The van der Waals surface area contributed by atoms with E-state index in [9.17, 15) is 9.59 Å². The summed E-state index contributed by atoms with van der Waals surface area (Å²) in [5.41, 5.74) is 2.93. The summed E-state index contributed by atoms with van der Waals surface area (Å²) in [4.78, 5) is 24.8. The number of carbonyl (C=O) groups excluding carboxylic acids is 1. The lowest BCUT2D eigenvalue weighted by molar-refractivity contribution is 0.102. The molecule has 0 saturated carbocycles. The number of rotatable bonds is 4. The van der Waals surface area contributed by atoms with Gasteiger partial charge in [-0.25, -0.2) is 4.79 Å². The molecule has 1 amide bonds. The number of nitrogens with one attached hydrogen (secondary N) is 1. The van der Waals surface area contributed by atoms with Gasteiger partial charge in [0.15, 0.2) is 0 Å². The number of hydrogen-bond donors (Lipinski definition) is 1. The summed E-state index contributed by atoms with van der Waals surface area (Å²) < 4.78 is 4.30. The summed E-state index contributed by atoms with van der Waals surface area (Å²) in [6.45, 7) is 5.09. The fourth-order valence-electron chi connectivity index (χ4n) is 2.84. The van der Waals surface area contributed by atoms with E-state index in [0.29, 0.717) is 24.3 Å². The Kier molecular flexibility index (Phi) is 4.57. The van der Waals surface area contributed by atoms with Crippen LogP contribution in [0.4, 0.5) is 5.69 Å². The van der Waals surface area contributed by atoms with Crippen LogP contribution in [0.2, 0.25) is 0 Å². The Morgan fingerprint density at radius 1 is 1.04 bits per heavy atom. The maximum absolute atomic E-state index is 12.4. The number of imidazole rings is 1. The molecule has 1 aromatic heterocycles. The highest BCUT2D eigenvalue weighted by molar-refractivity contribution is 9.10. The largest absolute Gasteiger partial charge is 0.329 e. The van der Waals surface area contributed by atoms with Crippen molar-refractivity contribution in [3.05, 3.63) is 63.0 Å². The van der Waals surface area contributed by atoms with E-state index in [2.05, 4.69) is 21.2 Å². The van der Waals surface area contributed by atoms with Gasteiger partial charge in [0.2, 0.25) is 0 Å². The molecule has 0 unspecified atom stereocenters. The molecule has 0 bridgehead atoms. The topological polar surface area (TPSA) is 56.0 Å². The van der Waals surface area contributed by atoms with Crippen molar-refractivity contribution in [1.29, 1.82) is 0 Å². The summed E-state index contributed by atoms with van der Waals surface area (Å²) in [7, 11) is 0. The number of aryl methyl sites for hydroxylation is 2. The second-order valence-corrected chi connectivity index (χ2v) is 6.35. The Bertz CT molecular complexity index is 972. The predicted molar refractivity (Wildman–Crippen MR) is 99.6 cm³/mol. The van der Waals surface area contributed by atoms with Crippen LogP contribution in [-0.2, 0) is 13.1 Å². The summed E-state index contributed by atoms with van der Waals surface area (Å²) in [5, 5.41) is 2.89. The smallest absolute Gasteiger partial charge is 0.322 e. The Labute approximate surface area is 148 Å². The third kappa shape index (κ3) is 2.89. The zero-order valence-electron chi connectivity index (χ0n) is 13.5. The van der Waals surface area contributed by atoms with Gasteiger partial charge in [-0.15, -0.1) is 0 Å². The lowest BCUT2D eigenvalue weighted by Crippen LogP contribution is -2.23. The van der Waals surface area contributed by atoms with E-state index in [-0.39, 0.29) is 11.6 Å². The van der Waals surface area contributed by atoms with Gasteiger partial charge >= 0.3 is 5.69 Å². The quantitative estimate of drug-likeness (QED) is 0.738.